The van der Waals surface area contributed by atoms with Crippen molar-refractivity contribution < 1.29 is 14.3 Å². The van der Waals surface area contributed by atoms with Gasteiger partial charge in [-0.15, -0.1) is 11.3 Å². The molecule has 1 saturated heterocycles. The molecule has 0 aliphatic carbocycles. The number of aromatic nitrogens is 1. The molecule has 1 aliphatic heterocycles. The van der Waals surface area contributed by atoms with Gasteiger partial charge in [0.15, 0.2) is 0 Å². The monoisotopic (exact) mass is 486 g/mol. The van der Waals surface area contributed by atoms with Gasteiger partial charge in [-0.2, -0.15) is 0 Å². The number of thiophene rings is 1. The number of anilines is 2. The average Bonchev–Trinajstić information content (AvgIpc) is 3.21. The van der Waals surface area contributed by atoms with Crippen LogP contribution in [-0.4, -0.2) is 41.1 Å². The quantitative estimate of drug-likeness (QED) is 0.360. The number of rotatable bonds is 4. The van der Waals surface area contributed by atoms with Crippen LogP contribution in [0.15, 0.2) is 66.7 Å². The lowest BCUT2D eigenvalue weighted by atomic mass is 10.1. The van der Waals surface area contributed by atoms with E-state index in [0.29, 0.717) is 41.3 Å². The number of carbonyl (C=O) groups excluding carboxylic acids is 2. The van der Waals surface area contributed by atoms with E-state index in [1.165, 1.54) is 16.9 Å². The fourth-order valence-corrected chi connectivity index (χ4v) is 5.12. The topological polar surface area (TPSA) is 97.6 Å². The van der Waals surface area contributed by atoms with E-state index in [2.05, 4.69) is 5.32 Å². The fourth-order valence-electron chi connectivity index (χ4n) is 4.14. The zero-order valence-electron chi connectivity index (χ0n) is 19.4. The van der Waals surface area contributed by atoms with Crippen LogP contribution in [0.25, 0.3) is 21.5 Å². The predicted octanol–water partition coefficient (Wildman–Crippen LogP) is 5.71. The number of carbonyl (C=O) groups is 2. The maximum absolute atomic E-state index is 12.9. The predicted molar refractivity (Wildman–Crippen MR) is 140 cm³/mol. The number of fused-ring (bicyclic) bond motifs is 1. The van der Waals surface area contributed by atoms with E-state index in [-0.39, 0.29) is 12.1 Å². The van der Waals surface area contributed by atoms with Gasteiger partial charge in [-0.3, -0.25) is 0 Å². The SMILES string of the molecule is Cc1ccc(-c2ccc3c(N)c(C(=O)OC4CCN(C(=O)Nc5ccccc5)CC4)sc3n2)cc1. The van der Waals surface area contributed by atoms with E-state index in [9.17, 15) is 9.59 Å². The molecule has 0 unspecified atom stereocenters. The number of aryl methyl sites for hydroxylation is 1. The summed E-state index contributed by atoms with van der Waals surface area (Å²) >= 11 is 1.25. The zero-order valence-corrected chi connectivity index (χ0v) is 20.2. The lowest BCUT2D eigenvalue weighted by Crippen LogP contribution is -2.43. The smallest absolute Gasteiger partial charge is 0.350 e. The Balaban J connectivity index is 1.22. The molecule has 0 atom stereocenters. The Morgan fingerprint density at radius 1 is 1.03 bits per heavy atom. The first kappa shape index (κ1) is 22.9. The molecule has 1 aliphatic rings. The van der Waals surface area contributed by atoms with Gasteiger partial charge in [-0.1, -0.05) is 48.0 Å². The van der Waals surface area contributed by atoms with Crippen molar-refractivity contribution in [2.24, 2.45) is 0 Å². The Kier molecular flexibility index (Phi) is 6.37. The van der Waals surface area contributed by atoms with Gasteiger partial charge in [0.05, 0.1) is 11.4 Å². The Hall–Kier alpha value is -3.91. The van der Waals surface area contributed by atoms with E-state index < -0.39 is 5.97 Å². The molecule has 0 spiro atoms. The molecule has 3 heterocycles. The molecule has 2 aromatic carbocycles. The highest BCUT2D eigenvalue weighted by molar-refractivity contribution is 7.21. The van der Waals surface area contributed by atoms with Crippen molar-refractivity contribution in [3.05, 3.63) is 77.2 Å². The normalized spacial score (nSPS) is 14.1. The van der Waals surface area contributed by atoms with Crippen molar-refractivity contribution >= 4 is 44.9 Å². The van der Waals surface area contributed by atoms with Crippen LogP contribution in [0, 0.1) is 6.92 Å². The number of hydrogen-bond acceptors (Lipinski definition) is 6. The number of nitrogens with zero attached hydrogens (tertiary/aromatic N) is 2. The van der Waals surface area contributed by atoms with Crippen molar-refractivity contribution in [2.45, 2.75) is 25.9 Å². The summed E-state index contributed by atoms with van der Waals surface area (Å²) < 4.78 is 5.77. The van der Waals surface area contributed by atoms with Gasteiger partial charge in [0.25, 0.3) is 0 Å². The summed E-state index contributed by atoms with van der Waals surface area (Å²) in [7, 11) is 0. The van der Waals surface area contributed by atoms with E-state index in [0.717, 1.165) is 22.3 Å². The number of piperidine rings is 1. The van der Waals surface area contributed by atoms with Crippen LogP contribution in [-0.2, 0) is 4.74 Å². The second kappa shape index (κ2) is 9.76. The molecule has 5 rings (SSSR count). The number of hydrogen-bond donors (Lipinski definition) is 2. The van der Waals surface area contributed by atoms with Crippen LogP contribution >= 0.6 is 11.3 Å². The van der Waals surface area contributed by atoms with Gasteiger partial charge in [0.2, 0.25) is 0 Å². The molecule has 2 amide bonds. The number of likely N-dealkylation sites (tertiary alicyclic amines) is 1. The summed E-state index contributed by atoms with van der Waals surface area (Å²) in [6.07, 6.45) is 0.896. The first-order chi connectivity index (χ1) is 17.0. The number of para-hydroxylation sites is 1. The van der Waals surface area contributed by atoms with Crippen LogP contribution < -0.4 is 11.1 Å². The third-order valence-corrected chi connectivity index (χ3v) is 7.25. The summed E-state index contributed by atoms with van der Waals surface area (Å²) in [4.78, 5) is 33.0. The number of nitrogens with two attached hydrogens (primary N) is 1. The number of ether oxygens (including phenoxy) is 1. The number of pyridine rings is 1. The molecule has 8 heteroatoms. The Bertz CT molecular complexity index is 1360. The van der Waals surface area contributed by atoms with Gasteiger partial charge in [-0.25, -0.2) is 14.6 Å². The third-order valence-electron chi connectivity index (χ3n) is 6.15. The largest absolute Gasteiger partial charge is 0.458 e. The maximum atomic E-state index is 12.9. The molecule has 3 N–H and O–H groups in total. The first-order valence-electron chi connectivity index (χ1n) is 11.6. The molecule has 2 aromatic heterocycles. The third kappa shape index (κ3) is 4.97. The second-order valence-electron chi connectivity index (χ2n) is 8.65. The van der Waals surface area contributed by atoms with Gasteiger partial charge < -0.3 is 20.7 Å². The minimum absolute atomic E-state index is 0.148. The number of esters is 1. The summed E-state index contributed by atoms with van der Waals surface area (Å²) in [6.45, 7) is 3.07. The molecule has 1 fully saturated rings. The van der Waals surface area contributed by atoms with Crippen LogP contribution in [0.2, 0.25) is 0 Å². The molecule has 0 bridgehead atoms. The van der Waals surface area contributed by atoms with Crippen molar-refractivity contribution in [3.8, 4) is 11.3 Å². The molecule has 35 heavy (non-hydrogen) atoms. The summed E-state index contributed by atoms with van der Waals surface area (Å²) in [5.41, 5.74) is 10.5. The van der Waals surface area contributed by atoms with Crippen molar-refractivity contribution in [3.63, 3.8) is 0 Å². The number of benzene rings is 2. The highest BCUT2D eigenvalue weighted by Gasteiger charge is 2.27. The van der Waals surface area contributed by atoms with Crippen LogP contribution in [0.1, 0.15) is 28.1 Å². The van der Waals surface area contributed by atoms with Crippen molar-refractivity contribution in [2.75, 3.05) is 24.1 Å². The van der Waals surface area contributed by atoms with Crippen LogP contribution in [0.5, 0.6) is 0 Å². The molecular formula is C27H26N4O3S. The van der Waals surface area contributed by atoms with Crippen LogP contribution in [0.4, 0.5) is 16.2 Å². The van der Waals surface area contributed by atoms with E-state index >= 15 is 0 Å². The molecule has 178 valence electrons. The number of urea groups is 1. The molecule has 4 aromatic rings. The van der Waals surface area contributed by atoms with Gasteiger partial charge in [-0.05, 0) is 31.2 Å². The van der Waals surface area contributed by atoms with E-state index in [4.69, 9.17) is 15.5 Å². The molecule has 0 saturated carbocycles. The molecule has 7 nitrogen and oxygen atoms in total. The number of amides is 2. The lowest BCUT2D eigenvalue weighted by molar-refractivity contribution is 0.0164. The average molecular weight is 487 g/mol. The summed E-state index contributed by atoms with van der Waals surface area (Å²) in [5, 5.41) is 3.65. The minimum atomic E-state index is -0.436. The van der Waals surface area contributed by atoms with Gasteiger partial charge in [0, 0.05) is 42.6 Å². The minimum Gasteiger partial charge on any atom is -0.458 e. The zero-order chi connectivity index (χ0) is 24.4. The van der Waals surface area contributed by atoms with E-state index in [1.807, 2.05) is 73.7 Å². The Morgan fingerprint density at radius 2 is 1.74 bits per heavy atom. The van der Waals surface area contributed by atoms with Crippen molar-refractivity contribution in [1.29, 1.82) is 0 Å². The van der Waals surface area contributed by atoms with Gasteiger partial charge in [0.1, 0.15) is 15.8 Å². The van der Waals surface area contributed by atoms with Gasteiger partial charge >= 0.3 is 12.0 Å². The Labute approximate surface area is 207 Å². The second-order valence-corrected chi connectivity index (χ2v) is 9.65. The lowest BCUT2D eigenvalue weighted by Gasteiger charge is -2.31. The maximum Gasteiger partial charge on any atom is 0.350 e. The number of nitrogens with one attached hydrogen (secondary N) is 1. The molecule has 0 radical (unpaired) electrons. The summed E-state index contributed by atoms with van der Waals surface area (Å²) in [5.74, 6) is -0.436. The van der Waals surface area contributed by atoms with Crippen LogP contribution in [0.3, 0.4) is 0 Å². The highest BCUT2D eigenvalue weighted by Crippen LogP contribution is 2.35. The fraction of sp³-hybridized carbons (Fsp3) is 0.222. The van der Waals surface area contributed by atoms with Crippen molar-refractivity contribution in [1.82, 2.24) is 9.88 Å². The highest BCUT2D eigenvalue weighted by atomic mass is 32.1. The standard InChI is InChI=1S/C27H26N4O3S/c1-17-7-9-18(10-8-17)22-12-11-21-23(28)24(35-25(21)30-22)26(32)34-20-13-15-31(16-14-20)27(33)29-19-5-3-2-4-6-19/h2-12,20H,13-16,28H2,1H3,(H,29,33). The molecular weight excluding hydrogens is 460 g/mol. The Morgan fingerprint density at radius 3 is 2.46 bits per heavy atom. The number of nitrogen functional groups attached to an aromatic ring is 1. The summed E-state index contributed by atoms with van der Waals surface area (Å²) in [6, 6.07) is 21.2. The van der Waals surface area contributed by atoms with E-state index in [1.54, 1.807) is 4.90 Å². The first-order valence-corrected chi connectivity index (χ1v) is 12.4.